The van der Waals surface area contributed by atoms with Crippen LogP contribution in [0.1, 0.15) is 30.0 Å². The third-order valence-electron chi connectivity index (χ3n) is 3.32. The molecule has 0 bridgehead atoms. The summed E-state index contributed by atoms with van der Waals surface area (Å²) in [6.07, 6.45) is 7.19. The molecule has 1 aromatic carbocycles. The summed E-state index contributed by atoms with van der Waals surface area (Å²) in [5, 5.41) is 0. The monoisotopic (exact) mass is 254 g/mol. The lowest BCUT2D eigenvalue weighted by atomic mass is 10.0. The number of pyridine rings is 1. The molecular weight excluding hydrogens is 236 g/mol. The standard InChI is InChI=1S/C16H18N2O/c17-16(10-12-6-8-18-9-7-12)13-2-1-3-15(11-13)19-14-4-5-14/h1-3,6-9,11,14,16H,4-5,10,17H2. The second-order valence-corrected chi connectivity index (χ2v) is 5.06. The molecule has 2 aromatic rings. The van der Waals surface area contributed by atoms with Gasteiger partial charge >= 0.3 is 0 Å². The average Bonchev–Trinajstić information content (AvgIpc) is 3.24. The van der Waals surface area contributed by atoms with Gasteiger partial charge in [0, 0.05) is 18.4 Å². The van der Waals surface area contributed by atoms with Crippen LogP contribution in [0.25, 0.3) is 0 Å². The molecule has 3 rings (SSSR count). The molecule has 3 nitrogen and oxygen atoms in total. The number of ether oxygens (including phenoxy) is 1. The average molecular weight is 254 g/mol. The fraction of sp³-hybridized carbons (Fsp3) is 0.312. The van der Waals surface area contributed by atoms with Gasteiger partial charge in [-0.2, -0.15) is 0 Å². The van der Waals surface area contributed by atoms with E-state index in [9.17, 15) is 0 Å². The fourth-order valence-corrected chi connectivity index (χ4v) is 2.09. The minimum Gasteiger partial charge on any atom is -0.490 e. The Morgan fingerprint density at radius 2 is 2.00 bits per heavy atom. The van der Waals surface area contributed by atoms with E-state index in [4.69, 9.17) is 10.5 Å². The van der Waals surface area contributed by atoms with Gasteiger partial charge in [-0.05, 0) is 54.7 Å². The second-order valence-electron chi connectivity index (χ2n) is 5.06. The third kappa shape index (κ3) is 3.32. The van der Waals surface area contributed by atoms with Crippen LogP contribution in [0.2, 0.25) is 0 Å². The van der Waals surface area contributed by atoms with Gasteiger partial charge in [-0.25, -0.2) is 0 Å². The summed E-state index contributed by atoms with van der Waals surface area (Å²) in [4.78, 5) is 4.02. The number of aromatic nitrogens is 1. The highest BCUT2D eigenvalue weighted by molar-refractivity contribution is 5.32. The molecule has 1 saturated carbocycles. The number of hydrogen-bond acceptors (Lipinski definition) is 3. The van der Waals surface area contributed by atoms with E-state index in [1.807, 2.05) is 24.3 Å². The number of hydrogen-bond donors (Lipinski definition) is 1. The molecule has 2 N–H and O–H groups in total. The topological polar surface area (TPSA) is 48.1 Å². The van der Waals surface area contributed by atoms with Gasteiger partial charge in [0.2, 0.25) is 0 Å². The molecule has 1 fully saturated rings. The first kappa shape index (κ1) is 12.2. The summed E-state index contributed by atoms with van der Waals surface area (Å²) in [5.41, 5.74) is 8.59. The molecule has 1 unspecified atom stereocenters. The molecule has 1 atom stereocenters. The van der Waals surface area contributed by atoms with Crippen LogP contribution in [0.3, 0.4) is 0 Å². The molecule has 0 aliphatic heterocycles. The summed E-state index contributed by atoms with van der Waals surface area (Å²) < 4.78 is 5.80. The van der Waals surface area contributed by atoms with Crippen LogP contribution in [0.15, 0.2) is 48.8 Å². The van der Waals surface area contributed by atoms with E-state index in [0.717, 1.165) is 17.7 Å². The molecule has 1 aromatic heterocycles. The molecule has 0 saturated heterocycles. The molecule has 1 aliphatic carbocycles. The normalized spacial score (nSPS) is 16.1. The lowest BCUT2D eigenvalue weighted by molar-refractivity contribution is 0.302. The van der Waals surface area contributed by atoms with Gasteiger partial charge in [0.25, 0.3) is 0 Å². The van der Waals surface area contributed by atoms with Crippen LogP contribution >= 0.6 is 0 Å². The molecule has 0 spiro atoms. The van der Waals surface area contributed by atoms with Crippen molar-refractivity contribution in [1.29, 1.82) is 0 Å². The fourth-order valence-electron chi connectivity index (χ4n) is 2.09. The number of benzene rings is 1. The Labute approximate surface area is 113 Å². The van der Waals surface area contributed by atoms with Crippen LogP contribution in [0.4, 0.5) is 0 Å². The van der Waals surface area contributed by atoms with E-state index < -0.39 is 0 Å². The molecule has 0 radical (unpaired) electrons. The number of nitrogens with zero attached hydrogens (tertiary/aromatic N) is 1. The van der Waals surface area contributed by atoms with Crippen molar-refractivity contribution in [3.05, 3.63) is 59.9 Å². The van der Waals surface area contributed by atoms with Crippen molar-refractivity contribution in [2.45, 2.75) is 31.4 Å². The van der Waals surface area contributed by atoms with Gasteiger partial charge in [0.05, 0.1) is 6.10 Å². The van der Waals surface area contributed by atoms with Crippen molar-refractivity contribution in [2.24, 2.45) is 5.73 Å². The lowest BCUT2D eigenvalue weighted by Gasteiger charge is -2.13. The van der Waals surface area contributed by atoms with E-state index in [1.165, 1.54) is 18.4 Å². The third-order valence-corrected chi connectivity index (χ3v) is 3.32. The lowest BCUT2D eigenvalue weighted by Crippen LogP contribution is -2.13. The molecule has 3 heteroatoms. The van der Waals surface area contributed by atoms with Gasteiger partial charge in [0.15, 0.2) is 0 Å². The number of rotatable bonds is 5. The SMILES string of the molecule is NC(Cc1ccncc1)c1cccc(OC2CC2)c1. The quantitative estimate of drug-likeness (QED) is 0.892. The minimum absolute atomic E-state index is 0.00912. The Kier molecular flexibility index (Phi) is 3.47. The number of nitrogens with two attached hydrogens (primary N) is 1. The second kappa shape index (κ2) is 5.41. The van der Waals surface area contributed by atoms with Crippen molar-refractivity contribution in [3.8, 4) is 5.75 Å². The zero-order valence-electron chi connectivity index (χ0n) is 10.8. The van der Waals surface area contributed by atoms with E-state index in [1.54, 1.807) is 12.4 Å². The first-order chi connectivity index (χ1) is 9.31. The highest BCUT2D eigenvalue weighted by Gasteiger charge is 2.23. The summed E-state index contributed by atoms with van der Waals surface area (Å²) in [6, 6.07) is 12.1. The first-order valence-corrected chi connectivity index (χ1v) is 6.72. The summed E-state index contributed by atoms with van der Waals surface area (Å²) in [7, 11) is 0. The highest BCUT2D eigenvalue weighted by Crippen LogP contribution is 2.28. The first-order valence-electron chi connectivity index (χ1n) is 6.72. The van der Waals surface area contributed by atoms with Crippen LogP contribution < -0.4 is 10.5 Å². The van der Waals surface area contributed by atoms with E-state index >= 15 is 0 Å². The Morgan fingerprint density at radius 3 is 2.74 bits per heavy atom. The Hall–Kier alpha value is -1.87. The zero-order valence-corrected chi connectivity index (χ0v) is 10.8. The predicted molar refractivity (Wildman–Crippen MR) is 75.0 cm³/mol. The zero-order chi connectivity index (χ0) is 13.1. The molecule has 98 valence electrons. The smallest absolute Gasteiger partial charge is 0.120 e. The van der Waals surface area contributed by atoms with Crippen LogP contribution in [0.5, 0.6) is 5.75 Å². The minimum atomic E-state index is -0.00912. The Bertz CT molecular complexity index is 537. The molecular formula is C16H18N2O. The van der Waals surface area contributed by atoms with E-state index in [-0.39, 0.29) is 6.04 Å². The maximum atomic E-state index is 6.27. The predicted octanol–water partition coefficient (Wildman–Crippen LogP) is 2.87. The van der Waals surface area contributed by atoms with Crippen molar-refractivity contribution < 1.29 is 4.74 Å². The Morgan fingerprint density at radius 1 is 1.21 bits per heavy atom. The van der Waals surface area contributed by atoms with Gasteiger partial charge < -0.3 is 10.5 Å². The van der Waals surface area contributed by atoms with Crippen molar-refractivity contribution in [2.75, 3.05) is 0 Å². The molecule has 1 heterocycles. The molecule has 1 aliphatic rings. The van der Waals surface area contributed by atoms with Crippen LogP contribution in [-0.2, 0) is 6.42 Å². The van der Waals surface area contributed by atoms with Crippen molar-refractivity contribution in [1.82, 2.24) is 4.98 Å². The maximum absolute atomic E-state index is 6.27. The highest BCUT2D eigenvalue weighted by atomic mass is 16.5. The largest absolute Gasteiger partial charge is 0.490 e. The summed E-state index contributed by atoms with van der Waals surface area (Å²) in [5.74, 6) is 0.935. The van der Waals surface area contributed by atoms with Crippen molar-refractivity contribution in [3.63, 3.8) is 0 Å². The van der Waals surface area contributed by atoms with Gasteiger partial charge in [0.1, 0.15) is 5.75 Å². The Balaban J connectivity index is 1.70. The molecule has 19 heavy (non-hydrogen) atoms. The summed E-state index contributed by atoms with van der Waals surface area (Å²) >= 11 is 0. The van der Waals surface area contributed by atoms with Crippen LogP contribution in [0, 0.1) is 0 Å². The van der Waals surface area contributed by atoms with E-state index in [0.29, 0.717) is 6.10 Å². The maximum Gasteiger partial charge on any atom is 0.120 e. The van der Waals surface area contributed by atoms with Gasteiger partial charge in [-0.3, -0.25) is 4.98 Å². The van der Waals surface area contributed by atoms with Gasteiger partial charge in [-0.1, -0.05) is 12.1 Å². The van der Waals surface area contributed by atoms with Gasteiger partial charge in [-0.15, -0.1) is 0 Å². The van der Waals surface area contributed by atoms with Crippen LogP contribution in [-0.4, -0.2) is 11.1 Å². The van der Waals surface area contributed by atoms with E-state index in [2.05, 4.69) is 17.1 Å². The summed E-state index contributed by atoms with van der Waals surface area (Å²) in [6.45, 7) is 0. The van der Waals surface area contributed by atoms with Crippen molar-refractivity contribution >= 4 is 0 Å². The molecule has 0 amide bonds.